The summed E-state index contributed by atoms with van der Waals surface area (Å²) >= 11 is 0. The van der Waals surface area contributed by atoms with Gasteiger partial charge in [0, 0.05) is 54.6 Å². The minimum atomic E-state index is 0.647. The van der Waals surface area contributed by atoms with Crippen LogP contribution in [0.25, 0.3) is 116 Å². The summed E-state index contributed by atoms with van der Waals surface area (Å²) in [6, 6.07) is 76.1. The Morgan fingerprint density at radius 3 is 1.21 bits per heavy atom. The van der Waals surface area contributed by atoms with Crippen LogP contribution in [-0.4, -0.2) is 23.7 Å². The molecule has 0 aliphatic heterocycles. The van der Waals surface area contributed by atoms with Gasteiger partial charge in [-0.1, -0.05) is 133 Å². The molecule has 0 bridgehead atoms. The Morgan fingerprint density at radius 1 is 0.262 bits per heavy atom. The summed E-state index contributed by atoms with van der Waals surface area (Å²) < 4.78 is 6.95. The zero-order chi connectivity index (χ0) is 40.0. The van der Waals surface area contributed by atoms with Gasteiger partial charge in [0.2, 0.25) is 5.95 Å². The molecule has 61 heavy (non-hydrogen) atoms. The summed E-state index contributed by atoms with van der Waals surface area (Å²) in [7, 11) is 0. The summed E-state index contributed by atoms with van der Waals surface area (Å²) in [4.78, 5) is 10.7. The van der Waals surface area contributed by atoms with Gasteiger partial charge >= 0.3 is 0 Å². The van der Waals surface area contributed by atoms with Crippen molar-refractivity contribution in [3.63, 3.8) is 0 Å². The number of nitrogens with zero attached hydrogens (tertiary/aromatic N) is 5. The molecule has 9 aromatic carbocycles. The van der Waals surface area contributed by atoms with E-state index in [0.717, 1.165) is 60.9 Å². The van der Waals surface area contributed by atoms with E-state index in [1.807, 2.05) is 0 Å². The number of para-hydroxylation sites is 6. The van der Waals surface area contributed by atoms with Gasteiger partial charge in [0.25, 0.3) is 0 Å². The highest BCUT2D eigenvalue weighted by Crippen LogP contribution is 2.39. The molecule has 0 saturated carbocycles. The summed E-state index contributed by atoms with van der Waals surface area (Å²) in [5, 5.41) is 8.32. The highest BCUT2D eigenvalue weighted by atomic mass is 15.2. The summed E-state index contributed by atoms with van der Waals surface area (Å²) in [5.41, 5.74) is 14.4. The minimum absolute atomic E-state index is 0.647. The van der Waals surface area contributed by atoms with Gasteiger partial charge in [0.1, 0.15) is 0 Å². The average Bonchev–Trinajstić information content (AvgIpc) is 3.97. The third-order valence-electron chi connectivity index (χ3n) is 12.5. The topological polar surface area (TPSA) is 40.6 Å². The molecule has 0 atom stereocenters. The molecule has 0 N–H and O–H groups in total. The van der Waals surface area contributed by atoms with Crippen molar-refractivity contribution in [2.75, 3.05) is 0 Å². The first kappa shape index (κ1) is 33.7. The smallest absolute Gasteiger partial charge is 0.235 e. The number of fused-ring (bicyclic) bond motifs is 10. The predicted molar refractivity (Wildman–Crippen MR) is 253 cm³/mol. The minimum Gasteiger partial charge on any atom is -0.309 e. The molecule has 0 aliphatic carbocycles. The quantitative estimate of drug-likeness (QED) is 0.175. The van der Waals surface area contributed by atoms with E-state index in [9.17, 15) is 0 Å². The van der Waals surface area contributed by atoms with E-state index in [4.69, 9.17) is 9.97 Å². The Balaban J connectivity index is 0.955. The highest BCUT2D eigenvalue weighted by molar-refractivity contribution is 6.13. The van der Waals surface area contributed by atoms with Crippen LogP contribution < -0.4 is 0 Å². The molecule has 0 radical (unpaired) electrons. The van der Waals surface area contributed by atoms with Crippen molar-refractivity contribution in [2.45, 2.75) is 0 Å². The maximum Gasteiger partial charge on any atom is 0.235 e. The highest BCUT2D eigenvalue weighted by Gasteiger charge is 2.19. The van der Waals surface area contributed by atoms with Crippen LogP contribution >= 0.6 is 0 Å². The van der Waals surface area contributed by atoms with E-state index in [1.165, 1.54) is 49.2 Å². The van der Waals surface area contributed by atoms with Crippen molar-refractivity contribution in [1.29, 1.82) is 0 Å². The second-order valence-electron chi connectivity index (χ2n) is 15.8. The SMILES string of the molecule is c1ccc(-n2c3ccccc3c3cc(-c4ccc5c(c4)c4ccccc4n5-c4nc(-c5ccc(-n6c7ccccc7c7ccccc76)cc5)c5ccccc5n4)ccc32)cc1. The average molecular weight is 778 g/mol. The molecule has 0 saturated heterocycles. The first-order chi connectivity index (χ1) is 30.3. The van der Waals surface area contributed by atoms with Gasteiger partial charge in [-0.15, -0.1) is 0 Å². The van der Waals surface area contributed by atoms with Crippen molar-refractivity contribution in [1.82, 2.24) is 23.7 Å². The molecule has 4 aromatic heterocycles. The molecule has 13 aromatic rings. The second-order valence-corrected chi connectivity index (χ2v) is 15.8. The number of rotatable bonds is 5. The molecule has 0 unspecified atom stereocenters. The second kappa shape index (κ2) is 13.1. The van der Waals surface area contributed by atoms with Crippen LogP contribution in [0.1, 0.15) is 0 Å². The molecule has 0 fully saturated rings. The molecule has 0 aliphatic rings. The number of aromatic nitrogens is 5. The number of hydrogen-bond donors (Lipinski definition) is 0. The maximum absolute atomic E-state index is 5.42. The van der Waals surface area contributed by atoms with Crippen LogP contribution in [0.5, 0.6) is 0 Å². The van der Waals surface area contributed by atoms with E-state index in [1.54, 1.807) is 0 Å². The van der Waals surface area contributed by atoms with Gasteiger partial charge in [0.15, 0.2) is 0 Å². The Morgan fingerprint density at radius 2 is 0.656 bits per heavy atom. The fourth-order valence-electron chi connectivity index (χ4n) is 9.73. The predicted octanol–water partition coefficient (Wildman–Crippen LogP) is 14.3. The lowest BCUT2D eigenvalue weighted by Gasteiger charge is -2.13. The van der Waals surface area contributed by atoms with Crippen LogP contribution in [0, 0.1) is 0 Å². The molecule has 13 rings (SSSR count). The normalized spacial score (nSPS) is 11.9. The fraction of sp³-hybridized carbons (Fsp3) is 0. The lowest BCUT2D eigenvalue weighted by Crippen LogP contribution is -2.03. The Hall–Kier alpha value is -8.28. The van der Waals surface area contributed by atoms with Gasteiger partial charge in [0.05, 0.1) is 44.3 Å². The van der Waals surface area contributed by atoms with Crippen LogP contribution in [0.3, 0.4) is 0 Å². The molecule has 5 nitrogen and oxygen atoms in total. The molecular formula is C56H35N5. The van der Waals surface area contributed by atoms with Gasteiger partial charge in [-0.25, -0.2) is 9.97 Å². The third-order valence-corrected chi connectivity index (χ3v) is 12.5. The van der Waals surface area contributed by atoms with Crippen molar-refractivity contribution < 1.29 is 0 Å². The molecular weight excluding hydrogens is 743 g/mol. The summed E-state index contributed by atoms with van der Waals surface area (Å²) in [6.07, 6.45) is 0. The molecule has 4 heterocycles. The standard InChI is InChI=1S/C56H35N5/c1-2-14-39(15-3-1)59-51-24-12-7-18-43(51)46-34-37(28-32-53(46)59)38-29-33-54-47(35-38)44-19-8-13-25-52(44)61(54)56-57-48-21-9-4-20-45(48)55(58-56)36-26-30-40(31-27-36)60-49-22-10-5-16-41(49)42-17-6-11-23-50(42)60/h1-35H. The van der Waals surface area contributed by atoms with E-state index < -0.39 is 0 Å². The van der Waals surface area contributed by atoms with Crippen LogP contribution in [0.4, 0.5) is 0 Å². The van der Waals surface area contributed by atoms with Crippen LogP contribution in [0.2, 0.25) is 0 Å². The number of hydrogen-bond acceptors (Lipinski definition) is 2. The monoisotopic (exact) mass is 777 g/mol. The largest absolute Gasteiger partial charge is 0.309 e. The zero-order valence-electron chi connectivity index (χ0n) is 32.9. The van der Waals surface area contributed by atoms with E-state index in [2.05, 4.69) is 226 Å². The summed E-state index contributed by atoms with van der Waals surface area (Å²) in [6.45, 7) is 0. The van der Waals surface area contributed by atoms with Gasteiger partial charge < -0.3 is 9.13 Å². The molecule has 284 valence electrons. The Bertz CT molecular complexity index is 3820. The third kappa shape index (κ3) is 5.08. The fourth-order valence-corrected chi connectivity index (χ4v) is 9.73. The molecule has 0 spiro atoms. The van der Waals surface area contributed by atoms with Gasteiger partial charge in [-0.05, 0) is 90.0 Å². The van der Waals surface area contributed by atoms with Crippen molar-refractivity contribution in [3.05, 3.63) is 212 Å². The molecule has 5 heteroatoms. The van der Waals surface area contributed by atoms with Gasteiger partial charge in [-0.3, -0.25) is 4.57 Å². The lowest BCUT2D eigenvalue weighted by atomic mass is 10.0. The van der Waals surface area contributed by atoms with E-state index in [0.29, 0.717) is 5.95 Å². The number of benzene rings is 9. The first-order valence-corrected chi connectivity index (χ1v) is 20.8. The van der Waals surface area contributed by atoms with Gasteiger partial charge in [-0.2, -0.15) is 0 Å². The Kier molecular flexibility index (Phi) is 7.24. The van der Waals surface area contributed by atoms with E-state index >= 15 is 0 Å². The van der Waals surface area contributed by atoms with Crippen molar-refractivity contribution in [3.8, 4) is 39.7 Å². The molecule has 0 amide bonds. The van der Waals surface area contributed by atoms with Crippen LogP contribution in [-0.2, 0) is 0 Å². The lowest BCUT2D eigenvalue weighted by molar-refractivity contribution is 1.01. The zero-order valence-corrected chi connectivity index (χ0v) is 32.9. The maximum atomic E-state index is 5.42. The Labute approximate surface area is 350 Å². The van der Waals surface area contributed by atoms with Crippen molar-refractivity contribution >= 4 is 76.3 Å². The first-order valence-electron chi connectivity index (χ1n) is 20.8. The van der Waals surface area contributed by atoms with E-state index in [-0.39, 0.29) is 0 Å². The van der Waals surface area contributed by atoms with Crippen LogP contribution in [0.15, 0.2) is 212 Å². The summed E-state index contributed by atoms with van der Waals surface area (Å²) in [5.74, 6) is 0.647. The van der Waals surface area contributed by atoms with Crippen molar-refractivity contribution in [2.24, 2.45) is 0 Å².